The highest BCUT2D eigenvalue weighted by atomic mass is 16.5. The van der Waals surface area contributed by atoms with E-state index in [4.69, 9.17) is 10.5 Å². The SMILES string of the molecule is CCCCC(CC)COC(=O)c1ncccc1N. The Morgan fingerprint density at radius 2 is 2.28 bits per heavy atom. The zero-order chi connectivity index (χ0) is 13.4. The Kier molecular flexibility index (Phi) is 6.19. The maximum atomic E-state index is 11.8. The second-order valence-electron chi connectivity index (χ2n) is 4.46. The fraction of sp³-hybridized carbons (Fsp3) is 0.571. The third-order valence-electron chi connectivity index (χ3n) is 3.03. The van der Waals surface area contributed by atoms with Crippen LogP contribution in [0.5, 0.6) is 0 Å². The van der Waals surface area contributed by atoms with Gasteiger partial charge >= 0.3 is 5.97 Å². The normalized spacial score (nSPS) is 12.1. The summed E-state index contributed by atoms with van der Waals surface area (Å²) in [5.74, 6) is 0.00175. The van der Waals surface area contributed by atoms with Crippen molar-refractivity contribution in [3.05, 3.63) is 24.0 Å². The van der Waals surface area contributed by atoms with Crippen LogP contribution in [0, 0.1) is 5.92 Å². The van der Waals surface area contributed by atoms with Gasteiger partial charge in [0, 0.05) is 6.20 Å². The zero-order valence-corrected chi connectivity index (χ0v) is 11.2. The molecule has 100 valence electrons. The first-order valence-corrected chi connectivity index (χ1v) is 6.56. The van der Waals surface area contributed by atoms with Gasteiger partial charge in [-0.25, -0.2) is 9.78 Å². The average molecular weight is 250 g/mol. The smallest absolute Gasteiger partial charge is 0.359 e. The van der Waals surface area contributed by atoms with Crippen molar-refractivity contribution in [2.45, 2.75) is 39.5 Å². The summed E-state index contributed by atoms with van der Waals surface area (Å²) < 4.78 is 5.28. The van der Waals surface area contributed by atoms with Gasteiger partial charge in [0.2, 0.25) is 0 Å². The van der Waals surface area contributed by atoms with E-state index in [1.807, 2.05) is 0 Å². The molecule has 1 atom stereocenters. The fourth-order valence-electron chi connectivity index (χ4n) is 1.75. The molecule has 18 heavy (non-hydrogen) atoms. The number of ether oxygens (including phenoxy) is 1. The predicted molar refractivity (Wildman–Crippen MR) is 72.2 cm³/mol. The van der Waals surface area contributed by atoms with Crippen molar-refractivity contribution >= 4 is 11.7 Å². The number of nitrogen functional groups attached to an aromatic ring is 1. The molecule has 0 aliphatic carbocycles. The van der Waals surface area contributed by atoms with E-state index in [0.717, 1.165) is 19.3 Å². The number of unbranched alkanes of at least 4 members (excludes halogenated alkanes) is 1. The lowest BCUT2D eigenvalue weighted by Gasteiger charge is -2.14. The second kappa shape index (κ2) is 7.69. The maximum absolute atomic E-state index is 11.8. The van der Waals surface area contributed by atoms with Gasteiger partial charge in [0.25, 0.3) is 0 Å². The Labute approximate surface area is 109 Å². The number of pyridine rings is 1. The number of carbonyl (C=O) groups excluding carboxylic acids is 1. The summed E-state index contributed by atoms with van der Waals surface area (Å²) in [6.07, 6.45) is 5.99. The molecule has 0 bridgehead atoms. The quantitative estimate of drug-likeness (QED) is 0.755. The minimum absolute atomic E-state index is 0.211. The lowest BCUT2D eigenvalue weighted by molar-refractivity contribution is 0.0422. The molecule has 0 saturated heterocycles. The highest BCUT2D eigenvalue weighted by molar-refractivity contribution is 5.92. The van der Waals surface area contributed by atoms with Gasteiger partial charge in [0.1, 0.15) is 0 Å². The Balaban J connectivity index is 2.47. The lowest BCUT2D eigenvalue weighted by atomic mass is 10.0. The Hall–Kier alpha value is -1.58. The van der Waals surface area contributed by atoms with Crippen LogP contribution < -0.4 is 5.73 Å². The molecule has 1 aromatic heterocycles. The Morgan fingerprint density at radius 3 is 2.89 bits per heavy atom. The van der Waals surface area contributed by atoms with E-state index in [1.165, 1.54) is 6.42 Å². The molecule has 2 N–H and O–H groups in total. The van der Waals surface area contributed by atoms with Gasteiger partial charge in [-0.2, -0.15) is 0 Å². The molecule has 0 amide bonds. The van der Waals surface area contributed by atoms with E-state index in [9.17, 15) is 4.79 Å². The minimum Gasteiger partial charge on any atom is -0.461 e. The molecule has 0 aliphatic rings. The number of aromatic nitrogens is 1. The van der Waals surface area contributed by atoms with Crippen LogP contribution in [0.15, 0.2) is 18.3 Å². The van der Waals surface area contributed by atoms with Crippen LogP contribution in [0.3, 0.4) is 0 Å². The summed E-state index contributed by atoms with van der Waals surface area (Å²) in [6.45, 7) is 4.72. The summed E-state index contributed by atoms with van der Waals surface area (Å²) in [7, 11) is 0. The molecule has 1 aromatic rings. The molecule has 1 unspecified atom stereocenters. The van der Waals surface area contributed by atoms with E-state index in [-0.39, 0.29) is 5.69 Å². The Bertz CT molecular complexity index is 380. The van der Waals surface area contributed by atoms with Crippen LogP contribution in [0.1, 0.15) is 50.0 Å². The molecular weight excluding hydrogens is 228 g/mol. The number of carbonyl (C=O) groups is 1. The summed E-state index contributed by atoms with van der Waals surface area (Å²) in [6, 6.07) is 3.35. The molecular formula is C14H22N2O2. The van der Waals surface area contributed by atoms with Crippen molar-refractivity contribution in [3.63, 3.8) is 0 Å². The number of anilines is 1. The van der Waals surface area contributed by atoms with Gasteiger partial charge in [0.15, 0.2) is 5.69 Å². The average Bonchev–Trinajstić information content (AvgIpc) is 2.39. The monoisotopic (exact) mass is 250 g/mol. The zero-order valence-electron chi connectivity index (χ0n) is 11.2. The van der Waals surface area contributed by atoms with Gasteiger partial charge in [0.05, 0.1) is 12.3 Å². The van der Waals surface area contributed by atoms with E-state index < -0.39 is 5.97 Å². The number of hydrogen-bond acceptors (Lipinski definition) is 4. The fourth-order valence-corrected chi connectivity index (χ4v) is 1.75. The number of rotatable bonds is 7. The van der Waals surface area contributed by atoms with Crippen molar-refractivity contribution in [2.75, 3.05) is 12.3 Å². The number of hydrogen-bond donors (Lipinski definition) is 1. The van der Waals surface area contributed by atoms with Crippen LogP contribution in [0.2, 0.25) is 0 Å². The van der Waals surface area contributed by atoms with E-state index >= 15 is 0 Å². The first-order valence-electron chi connectivity index (χ1n) is 6.56. The van der Waals surface area contributed by atoms with Crippen LogP contribution in [-0.4, -0.2) is 17.6 Å². The summed E-state index contributed by atoms with van der Waals surface area (Å²) in [5, 5.41) is 0. The summed E-state index contributed by atoms with van der Waals surface area (Å²) in [4.78, 5) is 15.7. The van der Waals surface area contributed by atoms with Crippen molar-refractivity contribution in [2.24, 2.45) is 5.92 Å². The largest absolute Gasteiger partial charge is 0.461 e. The van der Waals surface area contributed by atoms with Crippen LogP contribution in [0.25, 0.3) is 0 Å². The third-order valence-corrected chi connectivity index (χ3v) is 3.03. The number of esters is 1. The first kappa shape index (κ1) is 14.5. The maximum Gasteiger partial charge on any atom is 0.359 e. The molecule has 0 aromatic carbocycles. The Morgan fingerprint density at radius 1 is 1.50 bits per heavy atom. The minimum atomic E-state index is -0.428. The van der Waals surface area contributed by atoms with Gasteiger partial charge in [-0.15, -0.1) is 0 Å². The number of nitrogens with two attached hydrogens (primary N) is 1. The summed E-state index contributed by atoms with van der Waals surface area (Å²) in [5.41, 5.74) is 6.25. The van der Waals surface area contributed by atoms with Crippen molar-refractivity contribution < 1.29 is 9.53 Å². The van der Waals surface area contributed by atoms with Crippen molar-refractivity contribution in [3.8, 4) is 0 Å². The van der Waals surface area contributed by atoms with E-state index in [0.29, 0.717) is 18.2 Å². The van der Waals surface area contributed by atoms with Gasteiger partial charge in [-0.05, 0) is 24.5 Å². The van der Waals surface area contributed by atoms with Gasteiger partial charge < -0.3 is 10.5 Å². The molecule has 0 radical (unpaired) electrons. The van der Waals surface area contributed by atoms with Gasteiger partial charge in [-0.1, -0.05) is 33.1 Å². The standard InChI is InChI=1S/C14H22N2O2/c1-3-5-7-11(4-2)10-18-14(17)13-12(15)8-6-9-16-13/h6,8-9,11H,3-5,7,10,15H2,1-2H3. The highest BCUT2D eigenvalue weighted by Crippen LogP contribution is 2.15. The second-order valence-corrected chi connectivity index (χ2v) is 4.46. The molecule has 1 rings (SSSR count). The molecule has 0 aliphatic heterocycles. The highest BCUT2D eigenvalue weighted by Gasteiger charge is 2.14. The molecule has 0 fully saturated rings. The molecule has 4 nitrogen and oxygen atoms in total. The lowest BCUT2D eigenvalue weighted by Crippen LogP contribution is -2.16. The third kappa shape index (κ3) is 4.35. The van der Waals surface area contributed by atoms with Crippen LogP contribution >= 0.6 is 0 Å². The molecule has 0 saturated carbocycles. The van der Waals surface area contributed by atoms with Crippen molar-refractivity contribution in [1.82, 2.24) is 4.98 Å². The van der Waals surface area contributed by atoms with E-state index in [2.05, 4.69) is 18.8 Å². The predicted octanol–water partition coefficient (Wildman–Crippen LogP) is 3.04. The number of nitrogens with zero attached hydrogens (tertiary/aromatic N) is 1. The molecule has 4 heteroatoms. The first-order chi connectivity index (χ1) is 8.69. The van der Waals surface area contributed by atoms with E-state index in [1.54, 1.807) is 18.3 Å². The topological polar surface area (TPSA) is 65.2 Å². The van der Waals surface area contributed by atoms with Gasteiger partial charge in [-0.3, -0.25) is 0 Å². The summed E-state index contributed by atoms with van der Waals surface area (Å²) >= 11 is 0. The van der Waals surface area contributed by atoms with Crippen LogP contribution in [0.4, 0.5) is 5.69 Å². The van der Waals surface area contributed by atoms with Crippen LogP contribution in [-0.2, 0) is 4.74 Å². The molecule has 0 spiro atoms. The molecule has 1 heterocycles. The van der Waals surface area contributed by atoms with Crippen molar-refractivity contribution in [1.29, 1.82) is 0 Å².